The average molecular weight is 359 g/mol. The summed E-state index contributed by atoms with van der Waals surface area (Å²) in [6.45, 7) is 4.12. The van der Waals surface area contributed by atoms with Crippen LogP contribution in [0.5, 0.6) is 0 Å². The smallest absolute Gasteiger partial charge is 0.186 e. The SMILES string of the molecule is C[C@H]1CCCN(c2nc3c(F)cnc(Nc4cc(N)ncn4)c3s2)C1. The largest absolute Gasteiger partial charge is 0.384 e. The predicted octanol–water partition coefficient (Wildman–Crippen LogP) is 3.18. The summed E-state index contributed by atoms with van der Waals surface area (Å²) >= 11 is 1.45. The molecule has 0 unspecified atom stereocenters. The number of anilines is 4. The van der Waals surface area contributed by atoms with Crippen LogP contribution in [0.25, 0.3) is 10.2 Å². The van der Waals surface area contributed by atoms with Crippen molar-refractivity contribution < 1.29 is 4.39 Å². The normalized spacial score (nSPS) is 17.8. The molecule has 7 nitrogen and oxygen atoms in total. The minimum atomic E-state index is -0.421. The van der Waals surface area contributed by atoms with Crippen LogP contribution in [0.4, 0.5) is 27.0 Å². The number of piperidine rings is 1. The molecule has 1 aliphatic heterocycles. The van der Waals surface area contributed by atoms with Gasteiger partial charge in [0.1, 0.15) is 28.2 Å². The number of nitrogens with zero attached hydrogens (tertiary/aromatic N) is 5. The summed E-state index contributed by atoms with van der Waals surface area (Å²) in [5.41, 5.74) is 6.01. The van der Waals surface area contributed by atoms with Crippen LogP contribution in [0.1, 0.15) is 19.8 Å². The number of thiazole rings is 1. The highest BCUT2D eigenvalue weighted by Crippen LogP contribution is 2.36. The van der Waals surface area contributed by atoms with Crippen LogP contribution in [-0.2, 0) is 0 Å². The zero-order valence-corrected chi connectivity index (χ0v) is 14.6. The maximum atomic E-state index is 14.2. The van der Waals surface area contributed by atoms with Gasteiger partial charge in [-0.15, -0.1) is 0 Å². The van der Waals surface area contributed by atoms with Crippen molar-refractivity contribution in [1.29, 1.82) is 0 Å². The van der Waals surface area contributed by atoms with E-state index in [1.807, 2.05) is 0 Å². The first-order chi connectivity index (χ1) is 12.1. The molecule has 3 aromatic rings. The van der Waals surface area contributed by atoms with Crippen molar-refractivity contribution in [3.05, 3.63) is 24.4 Å². The van der Waals surface area contributed by atoms with E-state index in [0.717, 1.165) is 24.6 Å². The fourth-order valence-corrected chi connectivity index (χ4v) is 4.08. The van der Waals surface area contributed by atoms with E-state index in [0.29, 0.717) is 33.6 Å². The van der Waals surface area contributed by atoms with Crippen molar-refractivity contribution in [2.24, 2.45) is 5.92 Å². The summed E-state index contributed by atoms with van der Waals surface area (Å²) < 4.78 is 14.9. The lowest BCUT2D eigenvalue weighted by Gasteiger charge is -2.30. The fraction of sp³-hybridized carbons (Fsp3) is 0.375. The van der Waals surface area contributed by atoms with Crippen LogP contribution in [0.15, 0.2) is 18.6 Å². The molecule has 0 spiro atoms. The minimum Gasteiger partial charge on any atom is -0.384 e. The Hall–Kier alpha value is -2.55. The van der Waals surface area contributed by atoms with E-state index in [4.69, 9.17) is 5.73 Å². The van der Waals surface area contributed by atoms with Gasteiger partial charge in [0.05, 0.1) is 6.20 Å². The Labute approximate surface area is 148 Å². The molecule has 4 rings (SSSR count). The lowest BCUT2D eigenvalue weighted by Crippen LogP contribution is -2.34. The van der Waals surface area contributed by atoms with Gasteiger partial charge >= 0.3 is 0 Å². The Bertz CT molecular complexity index is 913. The van der Waals surface area contributed by atoms with E-state index < -0.39 is 5.82 Å². The number of nitrogens with one attached hydrogen (secondary N) is 1. The first-order valence-corrected chi connectivity index (χ1v) is 8.96. The number of aromatic nitrogens is 4. The summed E-state index contributed by atoms with van der Waals surface area (Å²) in [6.07, 6.45) is 4.89. The highest BCUT2D eigenvalue weighted by atomic mass is 32.1. The Balaban J connectivity index is 1.71. The first kappa shape index (κ1) is 15.9. The summed E-state index contributed by atoms with van der Waals surface area (Å²) in [5, 5.41) is 3.92. The van der Waals surface area contributed by atoms with Gasteiger partial charge in [-0.1, -0.05) is 18.3 Å². The number of pyridine rings is 1. The van der Waals surface area contributed by atoms with Crippen molar-refractivity contribution >= 4 is 44.1 Å². The zero-order valence-electron chi connectivity index (χ0n) is 13.7. The molecule has 1 aliphatic rings. The van der Waals surface area contributed by atoms with E-state index in [1.165, 1.54) is 30.3 Å². The second kappa shape index (κ2) is 6.40. The first-order valence-electron chi connectivity index (χ1n) is 8.14. The molecule has 1 atom stereocenters. The monoisotopic (exact) mass is 359 g/mol. The quantitative estimate of drug-likeness (QED) is 0.742. The van der Waals surface area contributed by atoms with E-state index in [2.05, 4.69) is 37.1 Å². The molecule has 0 saturated carbocycles. The van der Waals surface area contributed by atoms with Gasteiger partial charge in [0, 0.05) is 19.2 Å². The van der Waals surface area contributed by atoms with E-state index in [1.54, 1.807) is 6.07 Å². The molecule has 3 N–H and O–H groups in total. The summed E-state index contributed by atoms with van der Waals surface area (Å²) in [7, 11) is 0. The van der Waals surface area contributed by atoms with Crippen molar-refractivity contribution in [3.63, 3.8) is 0 Å². The Morgan fingerprint density at radius 1 is 1.36 bits per heavy atom. The van der Waals surface area contributed by atoms with Crippen LogP contribution >= 0.6 is 11.3 Å². The maximum Gasteiger partial charge on any atom is 0.186 e. The van der Waals surface area contributed by atoms with Gasteiger partial charge in [0.25, 0.3) is 0 Å². The molecule has 9 heteroatoms. The summed E-state index contributed by atoms with van der Waals surface area (Å²) in [6, 6.07) is 1.60. The molecular formula is C16H18FN7S. The third kappa shape index (κ3) is 3.19. The fourth-order valence-electron chi connectivity index (χ4n) is 3.02. The molecular weight excluding hydrogens is 341 g/mol. The molecule has 0 aliphatic carbocycles. The van der Waals surface area contributed by atoms with Crippen LogP contribution in [-0.4, -0.2) is 33.0 Å². The van der Waals surface area contributed by atoms with Crippen LogP contribution in [0.3, 0.4) is 0 Å². The Kier molecular flexibility index (Phi) is 4.08. The van der Waals surface area contributed by atoms with Gasteiger partial charge in [0.15, 0.2) is 16.8 Å². The summed E-state index contributed by atoms with van der Waals surface area (Å²) in [4.78, 5) is 18.9. The van der Waals surface area contributed by atoms with Gasteiger partial charge in [-0.05, 0) is 18.8 Å². The number of nitrogen functional groups attached to an aromatic ring is 1. The summed E-state index contributed by atoms with van der Waals surface area (Å²) in [5.74, 6) is 1.57. The number of halogens is 1. The third-order valence-corrected chi connectivity index (χ3v) is 5.35. The molecule has 1 saturated heterocycles. The highest BCUT2D eigenvalue weighted by Gasteiger charge is 2.22. The molecule has 0 radical (unpaired) electrons. The van der Waals surface area contributed by atoms with Crippen molar-refractivity contribution in [2.45, 2.75) is 19.8 Å². The van der Waals surface area contributed by atoms with Gasteiger partial charge in [-0.3, -0.25) is 0 Å². The number of nitrogens with two attached hydrogens (primary N) is 1. The zero-order chi connectivity index (χ0) is 17.4. The molecule has 4 heterocycles. The minimum absolute atomic E-state index is 0.331. The standard InChI is InChI=1S/C16H18FN7S/c1-9-3-2-4-24(7-9)16-23-13-10(17)6-19-15(14(13)25-16)22-12-5-11(18)20-8-21-12/h5-6,8-9H,2-4,7H2,1H3,(H3,18,19,20,21,22)/t9-/m0/s1. The van der Waals surface area contributed by atoms with Crippen molar-refractivity contribution in [1.82, 2.24) is 19.9 Å². The van der Waals surface area contributed by atoms with Crippen LogP contribution in [0.2, 0.25) is 0 Å². The molecule has 0 bridgehead atoms. The van der Waals surface area contributed by atoms with Crippen LogP contribution < -0.4 is 16.0 Å². The van der Waals surface area contributed by atoms with Gasteiger partial charge in [0.2, 0.25) is 0 Å². The lowest BCUT2D eigenvalue weighted by molar-refractivity contribution is 0.446. The second-order valence-electron chi connectivity index (χ2n) is 6.28. The maximum absolute atomic E-state index is 14.2. The molecule has 25 heavy (non-hydrogen) atoms. The number of hydrogen-bond donors (Lipinski definition) is 2. The Morgan fingerprint density at radius 3 is 3.04 bits per heavy atom. The van der Waals surface area contributed by atoms with Crippen molar-refractivity contribution in [2.75, 3.05) is 29.0 Å². The van der Waals surface area contributed by atoms with Gasteiger partial charge < -0.3 is 16.0 Å². The molecule has 0 aromatic carbocycles. The molecule has 3 aromatic heterocycles. The highest BCUT2D eigenvalue weighted by molar-refractivity contribution is 7.22. The van der Waals surface area contributed by atoms with Crippen molar-refractivity contribution in [3.8, 4) is 0 Å². The lowest BCUT2D eigenvalue weighted by atomic mass is 10.0. The topological polar surface area (TPSA) is 92.9 Å². The van der Waals surface area contributed by atoms with Gasteiger partial charge in [-0.25, -0.2) is 24.3 Å². The van der Waals surface area contributed by atoms with Gasteiger partial charge in [-0.2, -0.15) is 0 Å². The number of rotatable bonds is 3. The van der Waals surface area contributed by atoms with E-state index in [-0.39, 0.29) is 0 Å². The third-order valence-electron chi connectivity index (χ3n) is 4.23. The average Bonchev–Trinajstić information content (AvgIpc) is 3.04. The second-order valence-corrected chi connectivity index (χ2v) is 7.25. The van der Waals surface area contributed by atoms with E-state index in [9.17, 15) is 4.39 Å². The number of fused-ring (bicyclic) bond motifs is 1. The van der Waals surface area contributed by atoms with E-state index >= 15 is 0 Å². The van der Waals surface area contributed by atoms with Crippen LogP contribution in [0, 0.1) is 11.7 Å². The molecule has 0 amide bonds. The molecule has 130 valence electrons. The predicted molar refractivity (Wildman–Crippen MR) is 97.7 cm³/mol. The molecule has 1 fully saturated rings. The number of hydrogen-bond acceptors (Lipinski definition) is 8. The Morgan fingerprint density at radius 2 is 2.24 bits per heavy atom.